The zero-order valence-electron chi connectivity index (χ0n) is 19.7. The number of phenols is 1. The van der Waals surface area contributed by atoms with Gasteiger partial charge in [0.25, 0.3) is 11.8 Å². The van der Waals surface area contributed by atoms with Crippen LogP contribution < -0.4 is 4.74 Å². The van der Waals surface area contributed by atoms with Gasteiger partial charge in [0.2, 0.25) is 0 Å². The monoisotopic (exact) mass is 472 g/mol. The number of rotatable bonds is 3. The van der Waals surface area contributed by atoms with Gasteiger partial charge in [-0.2, -0.15) is 0 Å². The second kappa shape index (κ2) is 6.74. The fraction of sp³-hybridized carbons (Fsp3) is 0.429. The molecule has 1 saturated heterocycles. The van der Waals surface area contributed by atoms with Crippen LogP contribution in [0, 0.1) is 6.92 Å². The van der Waals surface area contributed by atoms with Crippen molar-refractivity contribution in [2.75, 3.05) is 13.1 Å². The van der Waals surface area contributed by atoms with Crippen molar-refractivity contribution in [1.29, 1.82) is 0 Å². The first-order valence-electron chi connectivity index (χ1n) is 12.4. The third-order valence-electron chi connectivity index (χ3n) is 9.31. The number of phenolic OH excluding ortho intramolecular Hbond substituents is 1. The van der Waals surface area contributed by atoms with Crippen molar-refractivity contribution in [3.8, 4) is 11.5 Å². The second-order valence-corrected chi connectivity index (χ2v) is 10.8. The lowest BCUT2D eigenvalue weighted by Crippen LogP contribution is -2.78. The van der Waals surface area contributed by atoms with Gasteiger partial charge in [-0.05, 0) is 62.9 Å². The van der Waals surface area contributed by atoms with Crippen LogP contribution in [0.1, 0.15) is 56.7 Å². The summed E-state index contributed by atoms with van der Waals surface area (Å²) in [6, 6.07) is 8.26. The number of fused-ring (bicyclic) bond motifs is 1. The molecule has 5 atom stereocenters. The predicted molar refractivity (Wildman–Crippen MR) is 128 cm³/mol. The Morgan fingerprint density at radius 1 is 1.17 bits per heavy atom. The Bertz CT molecular complexity index is 1340. The molecule has 5 aliphatic rings. The summed E-state index contributed by atoms with van der Waals surface area (Å²) in [6.45, 7) is 7.23. The first-order chi connectivity index (χ1) is 16.8. The van der Waals surface area contributed by atoms with Crippen LogP contribution in [0.5, 0.6) is 11.5 Å². The van der Waals surface area contributed by atoms with E-state index >= 15 is 0 Å². The van der Waals surface area contributed by atoms with Gasteiger partial charge in [-0.1, -0.05) is 23.8 Å². The molecule has 7 rings (SSSR count). The number of aliphatic hydroxyl groups is 1. The van der Waals surface area contributed by atoms with Crippen LogP contribution >= 0.6 is 0 Å². The fourth-order valence-corrected chi connectivity index (χ4v) is 7.93. The van der Waals surface area contributed by atoms with Crippen molar-refractivity contribution >= 4 is 11.8 Å². The molecule has 2 fully saturated rings. The Kier molecular flexibility index (Phi) is 4.07. The molecule has 7 heteroatoms. The third-order valence-corrected chi connectivity index (χ3v) is 9.31. The van der Waals surface area contributed by atoms with E-state index in [2.05, 4.69) is 11.5 Å². The van der Waals surface area contributed by atoms with Crippen LogP contribution in [0.4, 0.5) is 0 Å². The molecular formula is C28H28N2O5. The van der Waals surface area contributed by atoms with E-state index in [4.69, 9.17) is 4.74 Å². The molecule has 180 valence electrons. The first kappa shape index (κ1) is 21.1. The van der Waals surface area contributed by atoms with Crippen molar-refractivity contribution in [1.82, 2.24) is 9.80 Å². The van der Waals surface area contributed by atoms with E-state index in [1.54, 1.807) is 18.2 Å². The number of aromatic hydroxyl groups is 1. The maximum atomic E-state index is 13.6. The summed E-state index contributed by atoms with van der Waals surface area (Å²) >= 11 is 0. The highest BCUT2D eigenvalue weighted by atomic mass is 16.5. The van der Waals surface area contributed by atoms with Gasteiger partial charge in [0.15, 0.2) is 11.5 Å². The Balaban J connectivity index is 1.39. The molecule has 0 aromatic heterocycles. The molecule has 2 aromatic carbocycles. The Morgan fingerprint density at radius 2 is 1.97 bits per heavy atom. The summed E-state index contributed by atoms with van der Waals surface area (Å²) in [5.41, 5.74) is 1.79. The van der Waals surface area contributed by atoms with Gasteiger partial charge in [-0.15, -0.1) is 6.58 Å². The molecule has 0 radical (unpaired) electrons. The number of amides is 2. The van der Waals surface area contributed by atoms with Gasteiger partial charge in [0, 0.05) is 18.2 Å². The second-order valence-electron chi connectivity index (χ2n) is 10.8. The molecule has 35 heavy (non-hydrogen) atoms. The normalized spacial score (nSPS) is 34.5. The molecule has 2 N–H and O–H groups in total. The Morgan fingerprint density at radius 3 is 2.77 bits per heavy atom. The van der Waals surface area contributed by atoms with Crippen LogP contribution in [-0.2, 0) is 11.8 Å². The lowest BCUT2D eigenvalue weighted by Gasteiger charge is -2.64. The molecule has 2 aromatic rings. The van der Waals surface area contributed by atoms with Gasteiger partial charge < -0.3 is 14.9 Å². The van der Waals surface area contributed by atoms with Crippen molar-refractivity contribution in [2.24, 2.45) is 0 Å². The molecule has 2 bridgehead atoms. The largest absolute Gasteiger partial charge is 0.504 e. The van der Waals surface area contributed by atoms with E-state index < -0.39 is 23.2 Å². The van der Waals surface area contributed by atoms with Gasteiger partial charge >= 0.3 is 0 Å². The topological polar surface area (TPSA) is 90.3 Å². The first-order valence-corrected chi connectivity index (χ1v) is 12.4. The number of aryl methyl sites for hydroxylation is 1. The Hall–Kier alpha value is -3.16. The molecule has 2 aliphatic carbocycles. The quantitative estimate of drug-likeness (QED) is 0.528. The fourth-order valence-electron chi connectivity index (χ4n) is 7.93. The van der Waals surface area contributed by atoms with E-state index in [1.807, 2.05) is 25.1 Å². The number of carbonyl (C=O) groups excluding carboxylic acids is 2. The average molecular weight is 473 g/mol. The minimum absolute atomic E-state index is 0.0404. The predicted octanol–water partition coefficient (Wildman–Crippen LogP) is 2.71. The molecule has 3 aliphatic heterocycles. The number of benzene rings is 2. The van der Waals surface area contributed by atoms with E-state index in [9.17, 15) is 19.8 Å². The van der Waals surface area contributed by atoms with Crippen LogP contribution in [-0.4, -0.2) is 68.7 Å². The molecule has 0 unspecified atom stereocenters. The SMILES string of the molecule is C=CCN1CC[C@]23c4c5ccc(O)c4O[C@H]2[C@H](N2C(=O)c4ccc(C)cc4C2=O)CC[C@@]3(O)[C@@H]1C5. The maximum Gasteiger partial charge on any atom is 0.261 e. The number of imide groups is 1. The van der Waals surface area contributed by atoms with E-state index in [-0.39, 0.29) is 23.6 Å². The standard InChI is InChI=1S/C28H28N2O5/c1-3-11-29-12-10-27-22-16-5-7-20(31)23(22)35-24(27)19(8-9-28(27,34)21(29)14-16)30-25(32)17-6-4-15(2)13-18(17)26(30)33/h3-7,13,19,21,24,31,34H,1,8-12,14H2,2H3/t19-,21+,24+,27+,28-/m1/s1. The minimum Gasteiger partial charge on any atom is -0.504 e. The van der Waals surface area contributed by atoms with Gasteiger partial charge in [0.1, 0.15) is 6.10 Å². The number of hydrogen-bond donors (Lipinski definition) is 2. The third kappa shape index (κ3) is 2.33. The van der Waals surface area contributed by atoms with Crippen LogP contribution in [0.3, 0.4) is 0 Å². The van der Waals surface area contributed by atoms with E-state index in [0.717, 1.165) is 23.2 Å². The highest BCUT2D eigenvalue weighted by Crippen LogP contribution is 2.66. The van der Waals surface area contributed by atoms with Gasteiger partial charge in [0.05, 0.1) is 28.2 Å². The highest BCUT2D eigenvalue weighted by Gasteiger charge is 2.74. The van der Waals surface area contributed by atoms with Gasteiger partial charge in [-0.25, -0.2) is 0 Å². The maximum absolute atomic E-state index is 13.6. The van der Waals surface area contributed by atoms with Gasteiger partial charge in [-0.3, -0.25) is 19.4 Å². The number of ether oxygens (including phenoxy) is 1. The molecule has 3 heterocycles. The van der Waals surface area contributed by atoms with Crippen molar-refractivity contribution in [3.05, 3.63) is 70.8 Å². The van der Waals surface area contributed by atoms with Crippen LogP contribution in [0.15, 0.2) is 43.0 Å². The Labute approximate surface area is 203 Å². The summed E-state index contributed by atoms with van der Waals surface area (Å²) in [4.78, 5) is 30.7. The summed E-state index contributed by atoms with van der Waals surface area (Å²) in [5.74, 6) is -0.169. The smallest absolute Gasteiger partial charge is 0.261 e. The van der Waals surface area contributed by atoms with Crippen molar-refractivity contribution in [3.63, 3.8) is 0 Å². The molecule has 2 amide bonds. The van der Waals surface area contributed by atoms with Crippen molar-refractivity contribution < 1.29 is 24.5 Å². The van der Waals surface area contributed by atoms with Crippen molar-refractivity contribution in [2.45, 2.75) is 61.8 Å². The number of carbonyl (C=O) groups is 2. The summed E-state index contributed by atoms with van der Waals surface area (Å²) in [5, 5.41) is 23.3. The van der Waals surface area contributed by atoms with E-state index in [1.165, 1.54) is 4.90 Å². The molecule has 7 nitrogen and oxygen atoms in total. The van der Waals surface area contributed by atoms with Crippen LogP contribution in [0.25, 0.3) is 0 Å². The number of nitrogens with zero attached hydrogens (tertiary/aromatic N) is 2. The number of hydrogen-bond acceptors (Lipinski definition) is 6. The van der Waals surface area contributed by atoms with E-state index in [0.29, 0.717) is 49.1 Å². The highest BCUT2D eigenvalue weighted by molar-refractivity contribution is 6.21. The number of likely N-dealkylation sites (tertiary alicyclic amines) is 1. The molecular weight excluding hydrogens is 444 g/mol. The minimum atomic E-state index is -1.10. The lowest BCUT2D eigenvalue weighted by atomic mass is 9.48. The molecule has 1 spiro atoms. The number of piperidine rings is 1. The zero-order valence-corrected chi connectivity index (χ0v) is 19.7. The summed E-state index contributed by atoms with van der Waals surface area (Å²) in [6.07, 6.45) is 3.39. The average Bonchev–Trinajstić information content (AvgIpc) is 3.30. The molecule has 1 saturated carbocycles. The lowest BCUT2D eigenvalue weighted by molar-refractivity contribution is -0.194. The summed E-state index contributed by atoms with van der Waals surface area (Å²) in [7, 11) is 0. The summed E-state index contributed by atoms with van der Waals surface area (Å²) < 4.78 is 6.52. The zero-order chi connectivity index (χ0) is 24.3. The van der Waals surface area contributed by atoms with Crippen LogP contribution in [0.2, 0.25) is 0 Å².